The van der Waals surface area contributed by atoms with E-state index >= 15 is 0 Å². The Morgan fingerprint density at radius 1 is 1.40 bits per heavy atom. The molecule has 20 heavy (non-hydrogen) atoms. The van der Waals surface area contributed by atoms with Gasteiger partial charge >= 0.3 is 0 Å². The molecule has 0 radical (unpaired) electrons. The van der Waals surface area contributed by atoms with Gasteiger partial charge in [-0.15, -0.1) is 0 Å². The molecule has 1 N–H and O–H groups in total. The highest BCUT2D eigenvalue weighted by molar-refractivity contribution is 9.10. The Labute approximate surface area is 131 Å². The van der Waals surface area contributed by atoms with Crippen LogP contribution in [0.5, 0.6) is 0 Å². The number of aromatic nitrogens is 2. The second kappa shape index (κ2) is 7.60. The molecule has 1 aromatic heterocycles. The first-order valence-electron chi connectivity index (χ1n) is 8.15. The number of halogens is 1. The average Bonchev–Trinajstić information content (AvgIpc) is 2.85. The molecule has 0 aliphatic heterocycles. The minimum absolute atomic E-state index is 0.436. The van der Waals surface area contributed by atoms with Gasteiger partial charge in [0.1, 0.15) is 0 Å². The molecule has 4 heteroatoms. The monoisotopic (exact) mass is 341 g/mol. The van der Waals surface area contributed by atoms with E-state index in [-0.39, 0.29) is 0 Å². The summed E-state index contributed by atoms with van der Waals surface area (Å²) in [6.45, 7) is 8.66. The summed E-state index contributed by atoms with van der Waals surface area (Å²) in [5.41, 5.74) is 1.34. The molecule has 1 saturated carbocycles. The van der Waals surface area contributed by atoms with Crippen LogP contribution in [0.4, 0.5) is 0 Å². The molecule has 3 nitrogen and oxygen atoms in total. The van der Waals surface area contributed by atoms with Crippen molar-refractivity contribution < 1.29 is 0 Å². The van der Waals surface area contributed by atoms with Crippen LogP contribution in [-0.2, 0) is 6.54 Å². The molecule has 1 aliphatic rings. The fraction of sp³-hybridized carbons (Fsp3) is 0.812. The van der Waals surface area contributed by atoms with Crippen molar-refractivity contribution in [1.82, 2.24) is 15.1 Å². The van der Waals surface area contributed by atoms with E-state index in [1.54, 1.807) is 0 Å². The summed E-state index contributed by atoms with van der Waals surface area (Å²) in [6, 6.07) is 0.436. The number of aryl methyl sites for hydroxylation is 1. The first-order chi connectivity index (χ1) is 9.71. The van der Waals surface area contributed by atoms with Crippen molar-refractivity contribution in [1.29, 1.82) is 0 Å². The van der Waals surface area contributed by atoms with Crippen molar-refractivity contribution in [2.75, 3.05) is 6.54 Å². The molecule has 0 saturated heterocycles. The van der Waals surface area contributed by atoms with Gasteiger partial charge in [-0.25, -0.2) is 0 Å². The van der Waals surface area contributed by atoms with Gasteiger partial charge in [0.2, 0.25) is 0 Å². The Kier molecular flexibility index (Phi) is 6.09. The van der Waals surface area contributed by atoms with Crippen LogP contribution >= 0.6 is 15.9 Å². The van der Waals surface area contributed by atoms with Gasteiger partial charge in [-0.2, -0.15) is 5.10 Å². The summed E-state index contributed by atoms with van der Waals surface area (Å²) in [5.74, 6) is 1.65. The molecule has 1 heterocycles. The van der Waals surface area contributed by atoms with Crippen molar-refractivity contribution >= 4 is 15.9 Å². The highest BCUT2D eigenvalue weighted by Crippen LogP contribution is 2.40. The first kappa shape index (κ1) is 16.0. The Bertz CT molecular complexity index is 416. The van der Waals surface area contributed by atoms with E-state index in [1.807, 2.05) is 6.20 Å². The van der Waals surface area contributed by atoms with Crippen molar-refractivity contribution in [2.45, 2.75) is 65.5 Å². The van der Waals surface area contributed by atoms with Gasteiger partial charge in [0.15, 0.2) is 0 Å². The number of nitrogens with one attached hydrogen (secondary N) is 1. The topological polar surface area (TPSA) is 29.9 Å². The Balaban J connectivity index is 2.23. The lowest BCUT2D eigenvalue weighted by atomic mass is 9.76. The van der Waals surface area contributed by atoms with E-state index < -0.39 is 0 Å². The normalized spacial score (nSPS) is 24.8. The summed E-state index contributed by atoms with van der Waals surface area (Å²) in [6.07, 6.45) is 8.76. The highest BCUT2D eigenvalue weighted by Gasteiger charge is 2.31. The maximum atomic E-state index is 4.50. The molecule has 0 amide bonds. The van der Waals surface area contributed by atoms with Gasteiger partial charge in [0.25, 0.3) is 0 Å². The molecular weight excluding hydrogens is 314 g/mol. The lowest BCUT2D eigenvalue weighted by Gasteiger charge is -2.35. The molecule has 1 aromatic rings. The first-order valence-corrected chi connectivity index (χ1v) is 8.95. The summed E-state index contributed by atoms with van der Waals surface area (Å²) in [4.78, 5) is 0. The lowest BCUT2D eigenvalue weighted by Crippen LogP contribution is -2.33. The van der Waals surface area contributed by atoms with Crippen LogP contribution in [0.3, 0.4) is 0 Å². The van der Waals surface area contributed by atoms with Gasteiger partial charge in [0, 0.05) is 6.54 Å². The predicted molar refractivity (Wildman–Crippen MR) is 87.8 cm³/mol. The van der Waals surface area contributed by atoms with E-state index in [0.29, 0.717) is 6.04 Å². The van der Waals surface area contributed by atoms with Gasteiger partial charge in [-0.3, -0.25) is 4.68 Å². The summed E-state index contributed by atoms with van der Waals surface area (Å²) in [7, 11) is 0. The molecule has 1 fully saturated rings. The molecule has 114 valence electrons. The average molecular weight is 342 g/mol. The molecule has 2 rings (SSSR count). The van der Waals surface area contributed by atoms with E-state index in [9.17, 15) is 0 Å². The molecular formula is C16H28BrN3. The van der Waals surface area contributed by atoms with Gasteiger partial charge in [-0.1, -0.05) is 33.1 Å². The number of hydrogen-bond acceptors (Lipinski definition) is 2. The van der Waals surface area contributed by atoms with Crippen LogP contribution < -0.4 is 5.32 Å². The lowest BCUT2D eigenvalue weighted by molar-refractivity contribution is 0.204. The third-order valence-corrected chi connectivity index (χ3v) is 5.33. The molecule has 3 atom stereocenters. The zero-order chi connectivity index (χ0) is 14.5. The molecule has 0 aromatic carbocycles. The van der Waals surface area contributed by atoms with Crippen LogP contribution in [0.15, 0.2) is 10.7 Å². The van der Waals surface area contributed by atoms with Gasteiger partial charge in [0.05, 0.1) is 22.4 Å². The fourth-order valence-corrected chi connectivity index (χ4v) is 4.19. The molecule has 1 aliphatic carbocycles. The van der Waals surface area contributed by atoms with E-state index in [0.717, 1.165) is 29.4 Å². The summed E-state index contributed by atoms with van der Waals surface area (Å²) < 4.78 is 3.30. The van der Waals surface area contributed by atoms with E-state index in [2.05, 4.69) is 51.8 Å². The van der Waals surface area contributed by atoms with Crippen LogP contribution in [0.1, 0.15) is 64.6 Å². The fourth-order valence-electron chi connectivity index (χ4n) is 3.65. The Morgan fingerprint density at radius 2 is 2.20 bits per heavy atom. The number of hydrogen-bond donors (Lipinski definition) is 1. The minimum atomic E-state index is 0.436. The van der Waals surface area contributed by atoms with Crippen molar-refractivity contribution in [3.63, 3.8) is 0 Å². The molecule has 0 spiro atoms. The quantitative estimate of drug-likeness (QED) is 0.823. The molecule has 3 unspecified atom stereocenters. The van der Waals surface area contributed by atoms with Crippen LogP contribution in [0.25, 0.3) is 0 Å². The van der Waals surface area contributed by atoms with Gasteiger partial charge < -0.3 is 5.32 Å². The second-order valence-electron chi connectivity index (χ2n) is 5.93. The van der Waals surface area contributed by atoms with Crippen molar-refractivity contribution in [3.05, 3.63) is 16.4 Å². The largest absolute Gasteiger partial charge is 0.309 e. The zero-order valence-corrected chi connectivity index (χ0v) is 14.6. The van der Waals surface area contributed by atoms with Gasteiger partial charge in [-0.05, 0) is 54.1 Å². The van der Waals surface area contributed by atoms with E-state index in [1.165, 1.54) is 37.8 Å². The Morgan fingerprint density at radius 3 is 2.85 bits per heavy atom. The second-order valence-corrected chi connectivity index (χ2v) is 6.78. The standard InChI is InChI=1S/C16H28BrN3/c1-4-12-8-7-9-13(10-12)15(18-5-2)16-14(17)11-19-20(16)6-3/h11-13,15,18H,4-10H2,1-3H3. The molecule has 0 bridgehead atoms. The summed E-state index contributed by atoms with van der Waals surface area (Å²) in [5, 5.41) is 8.23. The highest BCUT2D eigenvalue weighted by atomic mass is 79.9. The third-order valence-electron chi connectivity index (χ3n) is 4.72. The predicted octanol–water partition coefficient (Wildman–Crippen LogP) is 4.53. The van der Waals surface area contributed by atoms with Crippen LogP contribution in [0, 0.1) is 11.8 Å². The van der Waals surface area contributed by atoms with Crippen LogP contribution in [-0.4, -0.2) is 16.3 Å². The summed E-state index contributed by atoms with van der Waals surface area (Å²) >= 11 is 3.70. The maximum absolute atomic E-state index is 4.50. The number of rotatable bonds is 6. The maximum Gasteiger partial charge on any atom is 0.0698 e. The zero-order valence-electron chi connectivity index (χ0n) is 13.0. The smallest absolute Gasteiger partial charge is 0.0698 e. The number of nitrogens with zero attached hydrogens (tertiary/aromatic N) is 2. The third kappa shape index (κ3) is 3.45. The van der Waals surface area contributed by atoms with Crippen molar-refractivity contribution in [2.24, 2.45) is 11.8 Å². The van der Waals surface area contributed by atoms with Crippen molar-refractivity contribution in [3.8, 4) is 0 Å². The Hall–Kier alpha value is -0.350. The van der Waals surface area contributed by atoms with Crippen LogP contribution in [0.2, 0.25) is 0 Å². The van der Waals surface area contributed by atoms with E-state index in [4.69, 9.17) is 0 Å². The minimum Gasteiger partial charge on any atom is -0.309 e. The SMILES string of the molecule is CCNC(c1c(Br)cnn1CC)C1CCCC(CC)C1.